The second kappa shape index (κ2) is 7.10. The van der Waals surface area contributed by atoms with E-state index in [1.54, 1.807) is 18.2 Å². The summed E-state index contributed by atoms with van der Waals surface area (Å²) in [6, 6.07) is 2.16. The molecule has 156 valence electrons. The standard InChI is InChI=1S/C19H21F3N4O3/c20-19(21,22)15-6-12(23)9-25(15)7-10-1-2-11-8-26(18(29)13(11)5-10)14-3-4-16(27)24-17(14)28/h1-2,5,12,14-15H,3-4,6-9,23H2,(H,24,27,28)/t12-,14?,15+/m0/s1. The molecule has 7 nitrogen and oxygen atoms in total. The smallest absolute Gasteiger partial charge is 0.326 e. The van der Waals surface area contributed by atoms with Crippen molar-refractivity contribution in [2.24, 2.45) is 5.73 Å². The summed E-state index contributed by atoms with van der Waals surface area (Å²) in [5.74, 6) is -1.20. The minimum atomic E-state index is -4.36. The number of amides is 3. The highest BCUT2D eigenvalue weighted by Crippen LogP contribution is 2.34. The number of hydrogen-bond acceptors (Lipinski definition) is 5. The van der Waals surface area contributed by atoms with E-state index >= 15 is 0 Å². The second-order valence-corrected chi connectivity index (χ2v) is 7.87. The van der Waals surface area contributed by atoms with Crippen LogP contribution in [0.4, 0.5) is 13.2 Å². The summed E-state index contributed by atoms with van der Waals surface area (Å²) < 4.78 is 39.8. The van der Waals surface area contributed by atoms with Gasteiger partial charge in [-0.25, -0.2) is 0 Å². The van der Waals surface area contributed by atoms with Crippen LogP contribution in [-0.4, -0.2) is 58.4 Å². The van der Waals surface area contributed by atoms with E-state index in [2.05, 4.69) is 5.32 Å². The van der Waals surface area contributed by atoms with Gasteiger partial charge in [0, 0.05) is 37.7 Å². The Kier molecular flexibility index (Phi) is 4.86. The first-order chi connectivity index (χ1) is 13.6. The molecule has 4 rings (SSSR count). The number of alkyl halides is 3. The summed E-state index contributed by atoms with van der Waals surface area (Å²) in [7, 11) is 0. The topological polar surface area (TPSA) is 95.7 Å². The number of nitrogens with two attached hydrogens (primary N) is 1. The molecule has 2 saturated heterocycles. The fourth-order valence-corrected chi connectivity index (χ4v) is 4.39. The lowest BCUT2D eigenvalue weighted by Crippen LogP contribution is -2.52. The molecule has 3 aliphatic heterocycles. The third-order valence-corrected chi connectivity index (χ3v) is 5.79. The van der Waals surface area contributed by atoms with Gasteiger partial charge in [-0.05, 0) is 30.0 Å². The van der Waals surface area contributed by atoms with Crippen LogP contribution in [0.5, 0.6) is 0 Å². The summed E-state index contributed by atoms with van der Waals surface area (Å²) >= 11 is 0. The molecule has 3 heterocycles. The number of nitrogens with zero attached hydrogens (tertiary/aromatic N) is 2. The zero-order valence-electron chi connectivity index (χ0n) is 15.5. The molecule has 0 radical (unpaired) electrons. The van der Waals surface area contributed by atoms with Gasteiger partial charge in [-0.2, -0.15) is 13.2 Å². The summed E-state index contributed by atoms with van der Waals surface area (Å²) in [4.78, 5) is 39.0. The van der Waals surface area contributed by atoms with Crippen molar-refractivity contribution in [2.75, 3.05) is 6.54 Å². The van der Waals surface area contributed by atoms with E-state index in [9.17, 15) is 27.6 Å². The number of fused-ring (bicyclic) bond motifs is 1. The van der Waals surface area contributed by atoms with Crippen LogP contribution in [0.1, 0.15) is 40.7 Å². The number of hydrogen-bond donors (Lipinski definition) is 2. The molecule has 2 fully saturated rings. The highest BCUT2D eigenvalue weighted by molar-refractivity contribution is 6.05. The maximum absolute atomic E-state index is 13.3. The highest BCUT2D eigenvalue weighted by Gasteiger charge is 2.48. The van der Waals surface area contributed by atoms with Crippen LogP contribution in [0.2, 0.25) is 0 Å². The molecule has 1 aromatic carbocycles. The molecule has 0 aromatic heterocycles. The van der Waals surface area contributed by atoms with E-state index in [1.807, 2.05) is 0 Å². The Labute approximate surface area is 165 Å². The Balaban J connectivity index is 1.51. The number of imide groups is 1. The fraction of sp³-hybridized carbons (Fsp3) is 0.526. The first-order valence-electron chi connectivity index (χ1n) is 9.46. The number of nitrogens with one attached hydrogen (secondary N) is 1. The molecule has 1 unspecified atom stereocenters. The quantitative estimate of drug-likeness (QED) is 0.723. The van der Waals surface area contributed by atoms with Crippen LogP contribution in [-0.2, 0) is 22.7 Å². The van der Waals surface area contributed by atoms with Crippen molar-refractivity contribution in [3.8, 4) is 0 Å². The van der Waals surface area contributed by atoms with Gasteiger partial charge in [-0.1, -0.05) is 12.1 Å². The normalized spacial score (nSPS) is 28.1. The maximum atomic E-state index is 13.3. The van der Waals surface area contributed by atoms with Crippen LogP contribution < -0.4 is 11.1 Å². The molecule has 29 heavy (non-hydrogen) atoms. The van der Waals surface area contributed by atoms with Crippen molar-refractivity contribution in [2.45, 2.75) is 56.7 Å². The van der Waals surface area contributed by atoms with Gasteiger partial charge < -0.3 is 10.6 Å². The zero-order chi connectivity index (χ0) is 20.9. The van der Waals surface area contributed by atoms with Gasteiger partial charge in [0.05, 0.1) is 0 Å². The molecule has 0 bridgehead atoms. The Hall–Kier alpha value is -2.46. The summed E-state index contributed by atoms with van der Waals surface area (Å²) in [5.41, 5.74) is 7.43. The SMILES string of the molecule is N[C@H]1C[C@H](C(F)(F)F)N(Cc2ccc3c(c2)C(=O)N(C2CCC(=O)NC2=O)C3)C1. The van der Waals surface area contributed by atoms with Crippen LogP contribution in [0.15, 0.2) is 18.2 Å². The predicted octanol–water partition coefficient (Wildman–Crippen LogP) is 0.911. The molecule has 0 aliphatic carbocycles. The molecule has 0 spiro atoms. The minimum Gasteiger partial charge on any atom is -0.326 e. The number of piperidine rings is 1. The first kappa shape index (κ1) is 19.8. The highest BCUT2D eigenvalue weighted by atomic mass is 19.4. The van der Waals surface area contributed by atoms with Gasteiger partial charge in [0.1, 0.15) is 12.1 Å². The van der Waals surface area contributed by atoms with Gasteiger partial charge in [0.15, 0.2) is 0 Å². The Bertz CT molecular complexity index is 873. The summed E-state index contributed by atoms with van der Waals surface area (Å²) in [6.07, 6.45) is -4.08. The molecule has 3 amide bonds. The first-order valence-corrected chi connectivity index (χ1v) is 9.46. The Morgan fingerprint density at radius 1 is 1.21 bits per heavy atom. The van der Waals surface area contributed by atoms with E-state index in [0.29, 0.717) is 16.7 Å². The van der Waals surface area contributed by atoms with E-state index in [4.69, 9.17) is 5.73 Å². The second-order valence-electron chi connectivity index (χ2n) is 7.87. The van der Waals surface area contributed by atoms with Crippen molar-refractivity contribution in [1.29, 1.82) is 0 Å². The van der Waals surface area contributed by atoms with Gasteiger partial charge in [-0.3, -0.25) is 24.6 Å². The van der Waals surface area contributed by atoms with Crippen LogP contribution >= 0.6 is 0 Å². The number of rotatable bonds is 3. The van der Waals surface area contributed by atoms with Crippen molar-refractivity contribution in [3.63, 3.8) is 0 Å². The lowest BCUT2D eigenvalue weighted by atomic mass is 10.0. The minimum absolute atomic E-state index is 0.0385. The number of likely N-dealkylation sites (tertiary alicyclic amines) is 1. The number of carbonyl (C=O) groups is 3. The van der Waals surface area contributed by atoms with Crippen LogP contribution in [0.3, 0.4) is 0 Å². The van der Waals surface area contributed by atoms with E-state index in [0.717, 1.165) is 0 Å². The number of carbonyl (C=O) groups excluding carboxylic acids is 3. The van der Waals surface area contributed by atoms with Crippen molar-refractivity contribution in [3.05, 3.63) is 34.9 Å². The van der Waals surface area contributed by atoms with Crippen LogP contribution in [0.25, 0.3) is 0 Å². The van der Waals surface area contributed by atoms with E-state index < -0.39 is 30.2 Å². The molecule has 10 heteroatoms. The lowest BCUT2D eigenvalue weighted by Gasteiger charge is -2.29. The van der Waals surface area contributed by atoms with Gasteiger partial charge in [0.25, 0.3) is 5.91 Å². The Morgan fingerprint density at radius 2 is 1.97 bits per heavy atom. The van der Waals surface area contributed by atoms with Crippen molar-refractivity contribution >= 4 is 17.7 Å². The number of halogens is 3. The Morgan fingerprint density at radius 3 is 2.66 bits per heavy atom. The van der Waals surface area contributed by atoms with Gasteiger partial charge >= 0.3 is 6.18 Å². The average Bonchev–Trinajstić information content (AvgIpc) is 3.15. The average molecular weight is 410 g/mol. The molecular formula is C19H21F3N4O3. The van der Waals surface area contributed by atoms with Crippen LogP contribution in [0, 0.1) is 0 Å². The van der Waals surface area contributed by atoms with Crippen molar-refractivity contribution in [1.82, 2.24) is 15.1 Å². The fourth-order valence-electron chi connectivity index (χ4n) is 4.39. The van der Waals surface area contributed by atoms with E-state index in [1.165, 1.54) is 9.80 Å². The molecular weight excluding hydrogens is 389 g/mol. The maximum Gasteiger partial charge on any atom is 0.404 e. The summed E-state index contributed by atoms with van der Waals surface area (Å²) in [6.45, 7) is 0.412. The zero-order valence-corrected chi connectivity index (χ0v) is 15.5. The molecule has 3 N–H and O–H groups in total. The third-order valence-electron chi connectivity index (χ3n) is 5.79. The monoisotopic (exact) mass is 410 g/mol. The molecule has 3 atom stereocenters. The number of benzene rings is 1. The summed E-state index contributed by atoms with van der Waals surface area (Å²) in [5, 5.41) is 2.24. The predicted molar refractivity (Wildman–Crippen MR) is 95.3 cm³/mol. The van der Waals surface area contributed by atoms with Gasteiger partial charge in [0.2, 0.25) is 11.8 Å². The molecule has 3 aliphatic rings. The van der Waals surface area contributed by atoms with Crippen molar-refractivity contribution < 1.29 is 27.6 Å². The molecule has 0 saturated carbocycles. The van der Waals surface area contributed by atoms with E-state index in [-0.39, 0.29) is 50.7 Å². The molecule has 1 aromatic rings. The van der Waals surface area contributed by atoms with Gasteiger partial charge in [-0.15, -0.1) is 0 Å². The largest absolute Gasteiger partial charge is 0.404 e. The lowest BCUT2D eigenvalue weighted by molar-refractivity contribution is -0.177. The third kappa shape index (κ3) is 3.74.